The molecule has 0 amide bonds. The number of rotatable bonds is 4. The van der Waals surface area contributed by atoms with E-state index in [1.165, 1.54) is 11.6 Å². The van der Waals surface area contributed by atoms with E-state index in [0.717, 1.165) is 56.3 Å². The third-order valence-corrected chi connectivity index (χ3v) is 4.60. The van der Waals surface area contributed by atoms with Crippen LogP contribution in [0.2, 0.25) is 0 Å². The Bertz CT molecular complexity index is 714. The van der Waals surface area contributed by atoms with E-state index in [1.54, 1.807) is 12.1 Å². The number of fused-ring (bicyclic) bond motifs is 1. The first-order valence-electron chi connectivity index (χ1n) is 8.34. The molecule has 2 aromatic carbocycles. The average Bonchev–Trinajstić information content (AvgIpc) is 3.04. The van der Waals surface area contributed by atoms with Gasteiger partial charge in [0.2, 0.25) is 6.79 Å². The Labute approximate surface area is 141 Å². The molecule has 0 radical (unpaired) electrons. The number of halogens is 1. The number of ether oxygens (including phenoxy) is 2. The van der Waals surface area contributed by atoms with E-state index >= 15 is 0 Å². The van der Waals surface area contributed by atoms with Crippen LogP contribution in [0.3, 0.4) is 0 Å². The molecule has 2 heterocycles. The summed E-state index contributed by atoms with van der Waals surface area (Å²) in [6, 6.07) is 13.0. The number of hydrogen-bond acceptors (Lipinski definition) is 4. The predicted octanol–water partition coefficient (Wildman–Crippen LogP) is 2.87. The van der Waals surface area contributed by atoms with E-state index in [1.807, 2.05) is 12.1 Å². The molecular weight excluding hydrogens is 307 g/mol. The molecule has 0 aliphatic carbocycles. The van der Waals surface area contributed by atoms with Crippen LogP contribution in [0.15, 0.2) is 42.5 Å². The van der Waals surface area contributed by atoms with Gasteiger partial charge in [0.15, 0.2) is 11.5 Å². The summed E-state index contributed by atoms with van der Waals surface area (Å²) in [5, 5.41) is 0. The molecule has 1 saturated heterocycles. The van der Waals surface area contributed by atoms with Crippen LogP contribution in [0.4, 0.5) is 4.39 Å². The fourth-order valence-corrected chi connectivity index (χ4v) is 3.30. The van der Waals surface area contributed by atoms with Gasteiger partial charge >= 0.3 is 0 Å². The molecule has 4 rings (SSSR count). The maximum absolute atomic E-state index is 13.3. The first-order chi connectivity index (χ1) is 11.8. The van der Waals surface area contributed by atoms with Crippen molar-refractivity contribution in [2.75, 3.05) is 33.0 Å². The Kier molecular flexibility index (Phi) is 4.36. The molecule has 0 bridgehead atoms. The van der Waals surface area contributed by atoms with Crippen molar-refractivity contribution in [2.45, 2.75) is 13.1 Å². The molecule has 0 aromatic heterocycles. The van der Waals surface area contributed by atoms with Gasteiger partial charge in [0.25, 0.3) is 0 Å². The first kappa shape index (κ1) is 15.4. The molecule has 0 saturated carbocycles. The Morgan fingerprint density at radius 1 is 0.792 bits per heavy atom. The normalized spacial score (nSPS) is 18.0. The highest BCUT2D eigenvalue weighted by Gasteiger charge is 2.19. The summed E-state index contributed by atoms with van der Waals surface area (Å²) in [6.45, 7) is 6.09. The molecule has 126 valence electrons. The van der Waals surface area contributed by atoms with Crippen LogP contribution < -0.4 is 9.47 Å². The van der Waals surface area contributed by atoms with Crippen molar-refractivity contribution in [1.82, 2.24) is 9.80 Å². The zero-order valence-electron chi connectivity index (χ0n) is 13.6. The second-order valence-corrected chi connectivity index (χ2v) is 6.37. The first-order valence-corrected chi connectivity index (χ1v) is 8.34. The molecule has 0 N–H and O–H groups in total. The molecule has 2 aromatic rings. The lowest BCUT2D eigenvalue weighted by atomic mass is 10.1. The Morgan fingerprint density at radius 3 is 2.17 bits per heavy atom. The van der Waals surface area contributed by atoms with Gasteiger partial charge in [-0.25, -0.2) is 4.39 Å². The highest BCUT2D eigenvalue weighted by atomic mass is 19.1. The molecule has 0 atom stereocenters. The van der Waals surface area contributed by atoms with Gasteiger partial charge in [0.05, 0.1) is 0 Å². The van der Waals surface area contributed by atoms with E-state index in [9.17, 15) is 4.39 Å². The number of hydrogen-bond donors (Lipinski definition) is 0. The summed E-state index contributed by atoms with van der Waals surface area (Å²) in [5.41, 5.74) is 2.29. The fraction of sp³-hybridized carbons (Fsp3) is 0.368. The number of piperazine rings is 1. The highest BCUT2D eigenvalue weighted by Crippen LogP contribution is 2.32. The standard InChI is InChI=1S/C19H21FN2O2/c20-17-3-1-2-15(10-17)12-21-6-8-22(9-7-21)13-16-4-5-18-19(11-16)24-14-23-18/h1-5,10-11H,6-9,12-14H2. The van der Waals surface area contributed by atoms with Crippen molar-refractivity contribution < 1.29 is 13.9 Å². The Balaban J connectivity index is 1.30. The zero-order valence-corrected chi connectivity index (χ0v) is 13.6. The van der Waals surface area contributed by atoms with Crippen LogP contribution in [0, 0.1) is 5.82 Å². The van der Waals surface area contributed by atoms with Crippen LogP contribution in [0.25, 0.3) is 0 Å². The van der Waals surface area contributed by atoms with Gasteiger partial charge < -0.3 is 9.47 Å². The number of nitrogens with zero attached hydrogens (tertiary/aromatic N) is 2. The van der Waals surface area contributed by atoms with Crippen molar-refractivity contribution in [3.05, 3.63) is 59.4 Å². The summed E-state index contributed by atoms with van der Waals surface area (Å²) >= 11 is 0. The third kappa shape index (κ3) is 3.52. The summed E-state index contributed by atoms with van der Waals surface area (Å²) < 4.78 is 24.1. The molecule has 1 fully saturated rings. The van der Waals surface area contributed by atoms with Gasteiger partial charge in [-0.05, 0) is 35.4 Å². The van der Waals surface area contributed by atoms with E-state index in [4.69, 9.17) is 9.47 Å². The van der Waals surface area contributed by atoms with E-state index in [2.05, 4.69) is 21.9 Å². The quantitative estimate of drug-likeness (QED) is 0.862. The van der Waals surface area contributed by atoms with Crippen LogP contribution in [-0.4, -0.2) is 42.8 Å². The average molecular weight is 328 g/mol. The zero-order chi connectivity index (χ0) is 16.4. The molecule has 2 aliphatic rings. The molecule has 0 unspecified atom stereocenters. The number of benzene rings is 2. The van der Waals surface area contributed by atoms with Crippen LogP contribution >= 0.6 is 0 Å². The Hall–Kier alpha value is -2.11. The minimum absolute atomic E-state index is 0.158. The van der Waals surface area contributed by atoms with Crippen molar-refractivity contribution >= 4 is 0 Å². The minimum atomic E-state index is -0.158. The fourth-order valence-electron chi connectivity index (χ4n) is 3.30. The lowest BCUT2D eigenvalue weighted by Gasteiger charge is -2.34. The monoisotopic (exact) mass is 328 g/mol. The van der Waals surface area contributed by atoms with E-state index in [0.29, 0.717) is 6.79 Å². The minimum Gasteiger partial charge on any atom is -0.454 e. The summed E-state index contributed by atoms with van der Waals surface area (Å²) in [5.74, 6) is 1.52. The summed E-state index contributed by atoms with van der Waals surface area (Å²) in [7, 11) is 0. The third-order valence-electron chi connectivity index (χ3n) is 4.60. The topological polar surface area (TPSA) is 24.9 Å². The van der Waals surface area contributed by atoms with Crippen molar-refractivity contribution in [3.63, 3.8) is 0 Å². The lowest BCUT2D eigenvalue weighted by Crippen LogP contribution is -2.45. The van der Waals surface area contributed by atoms with Crippen LogP contribution in [-0.2, 0) is 13.1 Å². The lowest BCUT2D eigenvalue weighted by molar-refractivity contribution is 0.122. The maximum atomic E-state index is 13.3. The van der Waals surface area contributed by atoms with Gasteiger partial charge in [0.1, 0.15) is 5.82 Å². The second-order valence-electron chi connectivity index (χ2n) is 6.37. The second kappa shape index (κ2) is 6.79. The van der Waals surface area contributed by atoms with Gasteiger partial charge in [-0.15, -0.1) is 0 Å². The summed E-state index contributed by atoms with van der Waals surface area (Å²) in [6.07, 6.45) is 0. The van der Waals surface area contributed by atoms with Crippen molar-refractivity contribution in [1.29, 1.82) is 0 Å². The largest absolute Gasteiger partial charge is 0.454 e. The highest BCUT2D eigenvalue weighted by molar-refractivity contribution is 5.44. The predicted molar refractivity (Wildman–Crippen MR) is 89.5 cm³/mol. The van der Waals surface area contributed by atoms with Gasteiger partial charge in [-0.2, -0.15) is 0 Å². The molecular formula is C19H21FN2O2. The van der Waals surface area contributed by atoms with Gasteiger partial charge in [-0.3, -0.25) is 9.80 Å². The van der Waals surface area contributed by atoms with Crippen LogP contribution in [0.5, 0.6) is 11.5 Å². The molecule has 0 spiro atoms. The van der Waals surface area contributed by atoms with E-state index < -0.39 is 0 Å². The van der Waals surface area contributed by atoms with Gasteiger partial charge in [-0.1, -0.05) is 18.2 Å². The molecule has 4 nitrogen and oxygen atoms in total. The summed E-state index contributed by atoms with van der Waals surface area (Å²) in [4.78, 5) is 4.82. The van der Waals surface area contributed by atoms with E-state index in [-0.39, 0.29) is 5.82 Å². The Morgan fingerprint density at radius 2 is 1.46 bits per heavy atom. The van der Waals surface area contributed by atoms with Crippen molar-refractivity contribution in [3.8, 4) is 11.5 Å². The molecule has 5 heteroatoms. The smallest absolute Gasteiger partial charge is 0.231 e. The van der Waals surface area contributed by atoms with Crippen molar-refractivity contribution in [2.24, 2.45) is 0 Å². The molecule has 2 aliphatic heterocycles. The van der Waals surface area contributed by atoms with Crippen LogP contribution in [0.1, 0.15) is 11.1 Å². The maximum Gasteiger partial charge on any atom is 0.231 e. The van der Waals surface area contributed by atoms with Gasteiger partial charge in [0, 0.05) is 39.3 Å². The molecule has 24 heavy (non-hydrogen) atoms. The SMILES string of the molecule is Fc1cccc(CN2CCN(Cc3ccc4c(c3)OCO4)CC2)c1.